The summed E-state index contributed by atoms with van der Waals surface area (Å²) >= 11 is 0. The highest BCUT2D eigenvalue weighted by atomic mass is 16.5. The van der Waals surface area contributed by atoms with Gasteiger partial charge in [0.15, 0.2) is 0 Å². The number of azide groups is 1. The van der Waals surface area contributed by atoms with Crippen LogP contribution in [0.25, 0.3) is 10.4 Å². The van der Waals surface area contributed by atoms with E-state index in [1.165, 1.54) is 0 Å². The van der Waals surface area contributed by atoms with Crippen LogP contribution in [0.4, 0.5) is 0 Å². The van der Waals surface area contributed by atoms with E-state index in [0.717, 1.165) is 12.0 Å². The Labute approximate surface area is 99.7 Å². The van der Waals surface area contributed by atoms with Crippen LogP contribution in [-0.4, -0.2) is 23.4 Å². The third-order valence-electron chi connectivity index (χ3n) is 3.03. The zero-order valence-electron chi connectivity index (χ0n) is 9.44. The number of hydrogen-bond acceptors (Lipinski definition) is 3. The second kappa shape index (κ2) is 5.68. The number of nitrogens with zero attached hydrogens (tertiary/aromatic N) is 3. The van der Waals surface area contributed by atoms with Crippen molar-refractivity contribution in [1.29, 1.82) is 0 Å². The van der Waals surface area contributed by atoms with Gasteiger partial charge in [-0.05, 0) is 23.9 Å². The molecule has 1 aromatic carbocycles. The Morgan fingerprint density at radius 1 is 1.35 bits per heavy atom. The number of rotatable bonds is 4. The minimum absolute atomic E-state index is 0.231. The number of aliphatic hydroxyl groups is 1. The van der Waals surface area contributed by atoms with Gasteiger partial charge in [0.05, 0.1) is 24.9 Å². The second-order valence-electron chi connectivity index (χ2n) is 4.18. The lowest BCUT2D eigenvalue weighted by atomic mass is 10.2. The van der Waals surface area contributed by atoms with Crippen molar-refractivity contribution >= 4 is 0 Å². The highest BCUT2D eigenvalue weighted by Gasteiger charge is 2.34. The molecule has 0 aromatic heterocycles. The summed E-state index contributed by atoms with van der Waals surface area (Å²) in [7, 11) is 0. The minimum atomic E-state index is -0.686. The summed E-state index contributed by atoms with van der Waals surface area (Å²) in [6.07, 6.45) is 0.503. The molecule has 1 N–H and O–H groups in total. The fraction of sp³-hybridized carbons (Fsp3) is 0.500. The first-order valence-electron chi connectivity index (χ1n) is 5.69. The largest absolute Gasteiger partial charge is 0.390 e. The third kappa shape index (κ3) is 2.97. The van der Waals surface area contributed by atoms with Gasteiger partial charge in [0.2, 0.25) is 0 Å². The van der Waals surface area contributed by atoms with Crippen molar-refractivity contribution in [2.45, 2.75) is 37.7 Å². The summed E-state index contributed by atoms with van der Waals surface area (Å²) in [5, 5.41) is 13.4. The minimum Gasteiger partial charge on any atom is -0.390 e. The first-order valence-corrected chi connectivity index (χ1v) is 5.69. The van der Waals surface area contributed by atoms with E-state index in [0.29, 0.717) is 13.0 Å². The molecule has 0 saturated heterocycles. The van der Waals surface area contributed by atoms with Crippen LogP contribution in [0.2, 0.25) is 0 Å². The van der Waals surface area contributed by atoms with Gasteiger partial charge in [-0.25, -0.2) is 0 Å². The van der Waals surface area contributed by atoms with E-state index in [2.05, 4.69) is 10.0 Å². The lowest BCUT2D eigenvalue weighted by molar-refractivity contribution is -0.0312. The lowest BCUT2D eigenvalue weighted by Gasteiger charge is -2.17. The average Bonchev–Trinajstić information content (AvgIpc) is 2.70. The third-order valence-corrected chi connectivity index (χ3v) is 3.03. The molecule has 0 spiro atoms. The van der Waals surface area contributed by atoms with Gasteiger partial charge in [0.25, 0.3) is 0 Å². The van der Waals surface area contributed by atoms with Crippen molar-refractivity contribution < 1.29 is 9.84 Å². The Bertz CT molecular complexity index is 403. The zero-order valence-corrected chi connectivity index (χ0v) is 9.44. The Hall–Kier alpha value is -1.55. The molecule has 5 heteroatoms. The Kier molecular flexibility index (Phi) is 3.98. The summed E-state index contributed by atoms with van der Waals surface area (Å²) in [6, 6.07) is 9.46. The zero-order chi connectivity index (χ0) is 12.1. The lowest BCUT2D eigenvalue weighted by Crippen LogP contribution is -2.29. The van der Waals surface area contributed by atoms with Gasteiger partial charge in [-0.1, -0.05) is 35.4 Å². The topological polar surface area (TPSA) is 78.2 Å². The number of hydrogen-bond donors (Lipinski definition) is 1. The van der Waals surface area contributed by atoms with Gasteiger partial charge in [0, 0.05) is 4.91 Å². The van der Waals surface area contributed by atoms with Gasteiger partial charge < -0.3 is 9.84 Å². The molecule has 17 heavy (non-hydrogen) atoms. The molecule has 0 radical (unpaired) electrons. The fourth-order valence-corrected chi connectivity index (χ4v) is 2.08. The number of ether oxygens (including phenoxy) is 1. The maximum absolute atomic E-state index is 9.87. The van der Waals surface area contributed by atoms with E-state index in [1.54, 1.807) is 0 Å². The maximum atomic E-state index is 9.87. The quantitative estimate of drug-likeness (QED) is 0.492. The van der Waals surface area contributed by atoms with Crippen LogP contribution in [0.15, 0.2) is 35.4 Å². The Morgan fingerprint density at radius 2 is 2.12 bits per heavy atom. The molecular weight excluding hydrogens is 218 g/mol. The summed E-state index contributed by atoms with van der Waals surface area (Å²) in [4.78, 5) is 2.73. The molecule has 0 heterocycles. The summed E-state index contributed by atoms with van der Waals surface area (Å²) in [5.41, 5.74) is 9.42. The van der Waals surface area contributed by atoms with Crippen LogP contribution >= 0.6 is 0 Å². The van der Waals surface area contributed by atoms with Crippen LogP contribution in [0.1, 0.15) is 18.4 Å². The summed E-state index contributed by atoms with van der Waals surface area (Å²) in [6.45, 7) is 0.478. The van der Waals surface area contributed by atoms with Crippen LogP contribution in [-0.2, 0) is 11.3 Å². The van der Waals surface area contributed by atoms with Gasteiger partial charge in [-0.2, -0.15) is 0 Å². The van der Waals surface area contributed by atoms with Crippen LogP contribution in [0.5, 0.6) is 0 Å². The molecule has 2 rings (SSSR count). The van der Waals surface area contributed by atoms with Crippen molar-refractivity contribution in [3.63, 3.8) is 0 Å². The molecule has 0 aliphatic heterocycles. The van der Waals surface area contributed by atoms with E-state index >= 15 is 0 Å². The van der Waals surface area contributed by atoms with Crippen molar-refractivity contribution in [3.8, 4) is 0 Å². The molecule has 2 unspecified atom stereocenters. The fourth-order valence-electron chi connectivity index (χ4n) is 2.08. The normalized spacial score (nSPS) is 27.7. The van der Waals surface area contributed by atoms with E-state index in [1.807, 2.05) is 30.3 Å². The standard InChI is InChI=1S/C12H15N3O2/c13-15-14-10-6-7-11(12(10)16)17-8-9-4-2-1-3-5-9/h1-5,10-12,16H,6-8H2/t10?,11-,12?/m0/s1. The highest BCUT2D eigenvalue weighted by Crippen LogP contribution is 2.26. The van der Waals surface area contributed by atoms with Gasteiger partial charge in [0.1, 0.15) is 0 Å². The average molecular weight is 233 g/mol. The van der Waals surface area contributed by atoms with Crippen molar-refractivity contribution in [2.75, 3.05) is 0 Å². The van der Waals surface area contributed by atoms with E-state index in [-0.39, 0.29) is 12.1 Å². The molecule has 3 atom stereocenters. The van der Waals surface area contributed by atoms with Crippen molar-refractivity contribution in [3.05, 3.63) is 46.3 Å². The highest BCUT2D eigenvalue weighted by molar-refractivity contribution is 5.13. The second-order valence-corrected chi connectivity index (χ2v) is 4.18. The Morgan fingerprint density at radius 3 is 2.82 bits per heavy atom. The van der Waals surface area contributed by atoms with Gasteiger partial charge in [-0.3, -0.25) is 0 Å². The van der Waals surface area contributed by atoms with E-state index in [4.69, 9.17) is 10.3 Å². The van der Waals surface area contributed by atoms with E-state index < -0.39 is 6.10 Å². The van der Waals surface area contributed by atoms with E-state index in [9.17, 15) is 5.11 Å². The summed E-state index contributed by atoms with van der Waals surface area (Å²) < 4.78 is 5.64. The molecular formula is C12H15N3O2. The molecule has 90 valence electrons. The molecule has 1 aliphatic rings. The van der Waals surface area contributed by atoms with Crippen molar-refractivity contribution in [1.82, 2.24) is 0 Å². The predicted octanol–water partition coefficient (Wildman–Crippen LogP) is 2.41. The maximum Gasteiger partial charge on any atom is 0.0886 e. The smallest absolute Gasteiger partial charge is 0.0886 e. The molecule has 0 bridgehead atoms. The predicted molar refractivity (Wildman–Crippen MR) is 63.2 cm³/mol. The Balaban J connectivity index is 1.87. The van der Waals surface area contributed by atoms with Crippen molar-refractivity contribution in [2.24, 2.45) is 5.11 Å². The first kappa shape index (κ1) is 11.9. The molecule has 0 amide bonds. The number of benzene rings is 1. The van der Waals surface area contributed by atoms with Crippen LogP contribution < -0.4 is 0 Å². The molecule has 1 aliphatic carbocycles. The van der Waals surface area contributed by atoms with Gasteiger partial charge >= 0.3 is 0 Å². The SMILES string of the molecule is [N-]=[N+]=NC1CC[C@H](OCc2ccccc2)C1O. The monoisotopic (exact) mass is 233 g/mol. The van der Waals surface area contributed by atoms with Gasteiger partial charge in [-0.15, -0.1) is 0 Å². The molecule has 5 nitrogen and oxygen atoms in total. The van der Waals surface area contributed by atoms with Crippen LogP contribution in [0.3, 0.4) is 0 Å². The number of aliphatic hydroxyl groups excluding tert-OH is 1. The van der Waals surface area contributed by atoms with Crippen LogP contribution in [0, 0.1) is 0 Å². The molecule has 1 aromatic rings. The molecule has 1 fully saturated rings. The summed E-state index contributed by atoms with van der Waals surface area (Å²) in [5.74, 6) is 0. The molecule has 1 saturated carbocycles. The first-order chi connectivity index (χ1) is 8.31.